The first-order valence-electron chi connectivity index (χ1n) is 13.2. The maximum Gasteiger partial charge on any atom is 0.408 e. The summed E-state index contributed by atoms with van der Waals surface area (Å²) in [4.78, 5) is 21.9. The van der Waals surface area contributed by atoms with Gasteiger partial charge in [-0.05, 0) is 82.2 Å². The van der Waals surface area contributed by atoms with Crippen molar-refractivity contribution in [1.29, 1.82) is 0 Å². The summed E-state index contributed by atoms with van der Waals surface area (Å²) in [5.74, 6) is 3.17. The molecule has 1 saturated carbocycles. The van der Waals surface area contributed by atoms with Crippen LogP contribution >= 0.6 is 0 Å². The van der Waals surface area contributed by atoms with Gasteiger partial charge in [0.05, 0.1) is 22.6 Å². The second-order valence-corrected chi connectivity index (χ2v) is 11.4. The number of carbonyl (C=O) groups excluding carboxylic acids is 1. The molecule has 1 fully saturated rings. The van der Waals surface area contributed by atoms with Crippen LogP contribution in [0, 0.1) is 6.92 Å². The monoisotopic (exact) mass is 537 g/mol. The van der Waals surface area contributed by atoms with Gasteiger partial charge in [0.2, 0.25) is 0 Å². The van der Waals surface area contributed by atoms with Crippen molar-refractivity contribution >= 4 is 23.3 Å². The molecule has 2 aliphatic carbocycles. The predicted molar refractivity (Wildman–Crippen MR) is 150 cm³/mol. The van der Waals surface area contributed by atoms with Gasteiger partial charge in [0.15, 0.2) is 0 Å². The number of alkyl halides is 2. The second kappa shape index (κ2) is 10.9. The zero-order valence-electron chi connectivity index (χ0n) is 23.0. The molecule has 1 aromatic carbocycles. The van der Waals surface area contributed by atoms with Crippen LogP contribution in [-0.2, 0) is 10.3 Å². The zero-order valence-corrected chi connectivity index (χ0v) is 23.0. The number of benzene rings is 1. The third-order valence-corrected chi connectivity index (χ3v) is 6.97. The van der Waals surface area contributed by atoms with Crippen molar-refractivity contribution in [2.24, 2.45) is 10.8 Å². The molecule has 0 atom stereocenters. The highest BCUT2D eigenvalue weighted by molar-refractivity contribution is 6.16. The number of alkyl carbamates (subject to hydrolysis) is 1. The summed E-state index contributed by atoms with van der Waals surface area (Å²) in [5, 5.41) is 2.72. The Morgan fingerprint density at radius 2 is 1.82 bits per heavy atom. The Labute approximate surface area is 228 Å². The number of pyridine rings is 1. The van der Waals surface area contributed by atoms with Crippen molar-refractivity contribution < 1.29 is 18.3 Å². The Balaban J connectivity index is 1.70. The normalized spacial score (nSPS) is 18.4. The number of nitrogens with two attached hydrogens (primary N) is 1. The molecule has 0 saturated heterocycles. The minimum atomic E-state index is -2.86. The number of halogens is 2. The van der Waals surface area contributed by atoms with Gasteiger partial charge in [-0.1, -0.05) is 36.9 Å². The first-order valence-corrected chi connectivity index (χ1v) is 13.2. The van der Waals surface area contributed by atoms with Gasteiger partial charge in [-0.2, -0.15) is 0 Å². The van der Waals surface area contributed by atoms with Crippen LogP contribution in [0.4, 0.5) is 25.1 Å². The zero-order chi connectivity index (χ0) is 28.4. The van der Waals surface area contributed by atoms with E-state index >= 15 is 0 Å². The number of nitrogen functional groups attached to an aromatic ring is 1. The van der Waals surface area contributed by atoms with E-state index in [4.69, 9.17) is 15.6 Å². The third kappa shape index (κ3) is 6.71. The summed E-state index contributed by atoms with van der Waals surface area (Å²) >= 11 is 0. The van der Waals surface area contributed by atoms with Gasteiger partial charge in [-0.25, -0.2) is 29.4 Å². The van der Waals surface area contributed by atoms with E-state index in [9.17, 15) is 13.6 Å². The predicted octanol–water partition coefficient (Wildman–Crippen LogP) is 7.00. The first-order chi connectivity index (χ1) is 18.3. The fourth-order valence-corrected chi connectivity index (χ4v) is 5.09. The van der Waals surface area contributed by atoms with Gasteiger partial charge in [0.25, 0.3) is 5.92 Å². The number of nitrogens with one attached hydrogen (secondary N) is 2. The molecule has 0 radical (unpaired) electrons. The maximum atomic E-state index is 14.1. The number of hydrogen-bond acceptors (Lipinski definition) is 6. The summed E-state index contributed by atoms with van der Waals surface area (Å²) in [6, 6.07) is 10.8. The highest BCUT2D eigenvalue weighted by atomic mass is 19.3. The molecule has 4 rings (SSSR count). The minimum absolute atomic E-state index is 0.495. The largest absolute Gasteiger partial charge is 0.444 e. The highest BCUT2D eigenvalue weighted by Crippen LogP contribution is 2.51. The molecule has 9 heteroatoms. The van der Waals surface area contributed by atoms with E-state index in [-0.39, 0.29) is 0 Å². The number of allylic oxidation sites excluding steroid dienone is 3. The van der Waals surface area contributed by atoms with Gasteiger partial charge >= 0.3 is 6.09 Å². The third-order valence-electron chi connectivity index (χ3n) is 6.97. The van der Waals surface area contributed by atoms with Crippen molar-refractivity contribution in [3.05, 3.63) is 77.0 Å². The molecular formula is C30H37F2N5O2. The first kappa shape index (κ1) is 28.4. The molecule has 39 heavy (non-hydrogen) atoms. The van der Waals surface area contributed by atoms with E-state index in [1.165, 1.54) is 0 Å². The van der Waals surface area contributed by atoms with Crippen LogP contribution in [0.15, 0.2) is 65.2 Å². The molecule has 4 N–H and O–H groups in total. The van der Waals surface area contributed by atoms with Crippen LogP contribution in [0.25, 0.3) is 0 Å². The SMILES string of the molecule is C=C(C1=CCCCC1)C(=Nc1ccc(NN)nc1C)c1ccc(C2(NC(=O)OC(C)(C)C)CC(F)(F)C2)cc1. The number of rotatable bonds is 7. The van der Waals surface area contributed by atoms with Crippen LogP contribution in [0.2, 0.25) is 0 Å². The Morgan fingerprint density at radius 3 is 2.36 bits per heavy atom. The lowest BCUT2D eigenvalue weighted by Crippen LogP contribution is -2.60. The molecule has 0 spiro atoms. The average Bonchev–Trinajstić information content (AvgIpc) is 2.86. The standard InChI is InChI=1S/C30H37F2N5O2/c1-19(21-9-7-6-8-10-21)26(35-24-15-16-25(37-33)34-20(24)2)22-11-13-23(14-12-22)29(17-30(31,32)18-29)36-27(38)39-28(3,4)5/h9,11-16H,1,6-8,10,17-18,33H2,2-5H3,(H,34,37)(H,36,38). The number of aryl methyl sites for hydroxylation is 1. The van der Waals surface area contributed by atoms with Crippen molar-refractivity contribution in [1.82, 2.24) is 10.3 Å². The maximum absolute atomic E-state index is 14.1. The summed E-state index contributed by atoms with van der Waals surface area (Å²) < 4.78 is 33.6. The second-order valence-electron chi connectivity index (χ2n) is 11.4. The quantitative estimate of drug-likeness (QED) is 0.200. The van der Waals surface area contributed by atoms with E-state index in [2.05, 4.69) is 28.4 Å². The Morgan fingerprint density at radius 1 is 1.13 bits per heavy atom. The van der Waals surface area contributed by atoms with Crippen LogP contribution in [0.5, 0.6) is 0 Å². The van der Waals surface area contributed by atoms with Crippen LogP contribution < -0.4 is 16.6 Å². The molecule has 208 valence electrons. The molecule has 0 unspecified atom stereocenters. The summed E-state index contributed by atoms with van der Waals surface area (Å²) in [6.45, 7) is 11.4. The van der Waals surface area contributed by atoms with Gasteiger partial charge < -0.3 is 15.5 Å². The molecule has 1 aromatic heterocycles. The van der Waals surface area contributed by atoms with Gasteiger partial charge in [-0.3, -0.25) is 0 Å². The number of nitrogens with zero attached hydrogens (tertiary/aromatic N) is 2. The van der Waals surface area contributed by atoms with Gasteiger partial charge in [-0.15, -0.1) is 0 Å². The lowest BCUT2D eigenvalue weighted by atomic mass is 9.69. The Bertz CT molecular complexity index is 1300. The van der Waals surface area contributed by atoms with E-state index in [0.29, 0.717) is 28.5 Å². The molecule has 0 bridgehead atoms. The Kier molecular flexibility index (Phi) is 7.93. The lowest BCUT2D eigenvalue weighted by molar-refractivity contribution is -0.136. The number of aliphatic imine (C=N–C) groups is 1. The van der Waals surface area contributed by atoms with Crippen molar-refractivity contribution in [3.63, 3.8) is 0 Å². The van der Waals surface area contributed by atoms with Crippen molar-refractivity contribution in [2.75, 3.05) is 5.43 Å². The molecule has 2 aliphatic rings. The summed E-state index contributed by atoms with van der Waals surface area (Å²) in [6.07, 6.45) is 4.63. The molecule has 2 aromatic rings. The van der Waals surface area contributed by atoms with E-state index in [0.717, 1.165) is 42.4 Å². The van der Waals surface area contributed by atoms with Crippen LogP contribution in [0.3, 0.4) is 0 Å². The van der Waals surface area contributed by atoms with Crippen molar-refractivity contribution in [2.45, 2.75) is 83.3 Å². The topological polar surface area (TPSA) is 102 Å². The van der Waals surface area contributed by atoms with E-state index in [1.807, 2.05) is 25.1 Å². The molecule has 7 nitrogen and oxygen atoms in total. The molecule has 1 amide bonds. The Hall–Kier alpha value is -3.59. The van der Waals surface area contributed by atoms with E-state index in [1.54, 1.807) is 39.0 Å². The number of carbonyl (C=O) groups is 1. The lowest BCUT2D eigenvalue weighted by Gasteiger charge is -2.48. The number of amides is 1. The molecule has 0 aliphatic heterocycles. The number of ether oxygens (including phenoxy) is 1. The van der Waals surface area contributed by atoms with Gasteiger partial charge in [0, 0.05) is 18.4 Å². The number of aromatic nitrogens is 1. The molecular weight excluding hydrogens is 500 g/mol. The summed E-state index contributed by atoms with van der Waals surface area (Å²) in [5.41, 5.74) is 5.97. The van der Waals surface area contributed by atoms with Crippen LogP contribution in [0.1, 0.15) is 76.1 Å². The highest BCUT2D eigenvalue weighted by Gasteiger charge is 2.58. The van der Waals surface area contributed by atoms with Crippen molar-refractivity contribution in [3.8, 4) is 0 Å². The smallest absolute Gasteiger partial charge is 0.408 e. The number of hydrogen-bond donors (Lipinski definition) is 3. The van der Waals surface area contributed by atoms with Crippen LogP contribution in [-0.4, -0.2) is 28.3 Å². The number of hydrazine groups is 1. The van der Waals surface area contributed by atoms with Gasteiger partial charge in [0.1, 0.15) is 11.4 Å². The minimum Gasteiger partial charge on any atom is -0.444 e. The summed E-state index contributed by atoms with van der Waals surface area (Å²) in [7, 11) is 0. The fourth-order valence-electron chi connectivity index (χ4n) is 5.09. The van der Waals surface area contributed by atoms with E-state index < -0.39 is 36.0 Å². The molecule has 1 heterocycles. The fraction of sp³-hybridized carbons (Fsp3) is 0.433. The average molecular weight is 538 g/mol. The number of anilines is 1.